The van der Waals surface area contributed by atoms with E-state index in [1.165, 1.54) is 17.7 Å². The third kappa shape index (κ3) is 6.67. The van der Waals surface area contributed by atoms with Gasteiger partial charge in [0.1, 0.15) is 11.6 Å². The van der Waals surface area contributed by atoms with E-state index in [1.807, 2.05) is 48.5 Å². The average molecular weight is 547 g/mol. The standard InChI is InChI=1S/C32H36F2N4O2/c1-2-36-17-19-37(20-18-36)29-11-6-25(7-12-29)32(40)35-28-9-4-23(5-10-28)24-13-15-38(16-14-24)31(39)21-26-3-8-27(33)22-30(26)34/h3-12,22,24H,2,13-21H2,1H3,(H,35,40). The smallest absolute Gasteiger partial charge is 0.255 e. The van der Waals surface area contributed by atoms with Crippen LogP contribution in [-0.2, 0) is 11.2 Å². The summed E-state index contributed by atoms with van der Waals surface area (Å²) < 4.78 is 27.1. The molecule has 5 rings (SSSR count). The Balaban J connectivity index is 1.10. The minimum absolute atomic E-state index is 0.0656. The molecule has 2 fully saturated rings. The largest absolute Gasteiger partial charge is 0.369 e. The quantitative estimate of drug-likeness (QED) is 0.437. The molecule has 0 spiro atoms. The fraction of sp³-hybridized carbons (Fsp3) is 0.375. The van der Waals surface area contributed by atoms with Crippen LogP contribution in [0.2, 0.25) is 0 Å². The van der Waals surface area contributed by atoms with Crippen LogP contribution in [0, 0.1) is 11.6 Å². The highest BCUT2D eigenvalue weighted by Crippen LogP contribution is 2.29. The highest BCUT2D eigenvalue weighted by molar-refractivity contribution is 6.04. The van der Waals surface area contributed by atoms with E-state index < -0.39 is 11.6 Å². The summed E-state index contributed by atoms with van der Waals surface area (Å²) >= 11 is 0. The van der Waals surface area contributed by atoms with E-state index in [2.05, 4.69) is 22.0 Å². The lowest BCUT2D eigenvalue weighted by Crippen LogP contribution is -2.46. The minimum atomic E-state index is -0.687. The second-order valence-electron chi connectivity index (χ2n) is 10.6. The lowest BCUT2D eigenvalue weighted by Gasteiger charge is -2.35. The number of hydrogen-bond donors (Lipinski definition) is 1. The van der Waals surface area contributed by atoms with Crippen molar-refractivity contribution < 1.29 is 18.4 Å². The SMILES string of the molecule is CCN1CCN(c2ccc(C(=O)Nc3ccc(C4CCN(C(=O)Cc5ccc(F)cc5F)CC4)cc3)cc2)CC1. The molecule has 0 aromatic heterocycles. The number of likely N-dealkylation sites (tertiary alicyclic amines) is 1. The van der Waals surface area contributed by atoms with Crippen LogP contribution >= 0.6 is 0 Å². The minimum Gasteiger partial charge on any atom is -0.369 e. The molecule has 0 bridgehead atoms. The van der Waals surface area contributed by atoms with E-state index in [-0.39, 0.29) is 23.8 Å². The van der Waals surface area contributed by atoms with E-state index in [9.17, 15) is 18.4 Å². The number of carbonyl (C=O) groups excluding carboxylic acids is 2. The monoisotopic (exact) mass is 546 g/mol. The van der Waals surface area contributed by atoms with Crippen LogP contribution in [0.15, 0.2) is 66.7 Å². The lowest BCUT2D eigenvalue weighted by atomic mass is 9.89. The average Bonchev–Trinajstić information content (AvgIpc) is 2.99. The zero-order chi connectivity index (χ0) is 28.1. The summed E-state index contributed by atoms with van der Waals surface area (Å²) in [4.78, 5) is 32.0. The van der Waals surface area contributed by atoms with Gasteiger partial charge in [-0.05, 0) is 78.9 Å². The molecule has 0 radical (unpaired) electrons. The highest BCUT2D eigenvalue weighted by atomic mass is 19.1. The van der Waals surface area contributed by atoms with Gasteiger partial charge >= 0.3 is 0 Å². The van der Waals surface area contributed by atoms with Gasteiger partial charge in [0.25, 0.3) is 5.91 Å². The predicted molar refractivity (Wildman–Crippen MR) is 154 cm³/mol. The van der Waals surface area contributed by atoms with Crippen LogP contribution < -0.4 is 10.2 Å². The van der Waals surface area contributed by atoms with Gasteiger partial charge in [-0.2, -0.15) is 0 Å². The van der Waals surface area contributed by atoms with Gasteiger partial charge in [-0.3, -0.25) is 9.59 Å². The molecule has 3 aromatic rings. The Kier molecular flexibility index (Phi) is 8.75. The lowest BCUT2D eigenvalue weighted by molar-refractivity contribution is -0.131. The third-order valence-corrected chi connectivity index (χ3v) is 8.16. The maximum absolute atomic E-state index is 13.9. The van der Waals surface area contributed by atoms with Crippen molar-refractivity contribution in [1.82, 2.24) is 9.80 Å². The Morgan fingerprint density at radius 2 is 1.52 bits per heavy atom. The molecule has 40 heavy (non-hydrogen) atoms. The van der Waals surface area contributed by atoms with Crippen LogP contribution in [0.25, 0.3) is 0 Å². The Morgan fingerprint density at radius 1 is 0.850 bits per heavy atom. The Labute approximate surface area is 234 Å². The number of benzene rings is 3. The predicted octanol–water partition coefficient (Wildman–Crippen LogP) is 5.31. The summed E-state index contributed by atoms with van der Waals surface area (Å²) in [6, 6.07) is 19.0. The molecular formula is C32H36F2N4O2. The summed E-state index contributed by atoms with van der Waals surface area (Å²) in [5.41, 5.74) is 3.89. The van der Waals surface area contributed by atoms with E-state index in [0.29, 0.717) is 24.6 Å². The molecule has 0 aliphatic carbocycles. The number of carbonyl (C=O) groups is 2. The van der Waals surface area contributed by atoms with Crippen LogP contribution in [0.5, 0.6) is 0 Å². The molecule has 6 nitrogen and oxygen atoms in total. The summed E-state index contributed by atoms with van der Waals surface area (Å²) in [6.45, 7) is 8.57. The number of anilines is 2. The second kappa shape index (κ2) is 12.6. The molecule has 8 heteroatoms. The number of piperidine rings is 1. The topological polar surface area (TPSA) is 55.9 Å². The molecule has 0 unspecified atom stereocenters. The van der Waals surface area contributed by atoms with Crippen molar-refractivity contribution in [2.24, 2.45) is 0 Å². The van der Waals surface area contributed by atoms with Gasteiger partial charge in [-0.25, -0.2) is 8.78 Å². The first-order valence-electron chi connectivity index (χ1n) is 14.1. The molecule has 210 valence electrons. The van der Waals surface area contributed by atoms with E-state index >= 15 is 0 Å². The van der Waals surface area contributed by atoms with Gasteiger partial charge in [0.15, 0.2) is 0 Å². The normalized spacial score (nSPS) is 16.7. The fourth-order valence-corrected chi connectivity index (χ4v) is 5.59. The molecule has 2 aliphatic rings. The van der Waals surface area contributed by atoms with Crippen LogP contribution in [0.1, 0.15) is 47.2 Å². The van der Waals surface area contributed by atoms with E-state index in [0.717, 1.165) is 63.0 Å². The highest BCUT2D eigenvalue weighted by Gasteiger charge is 2.24. The van der Waals surface area contributed by atoms with Crippen molar-refractivity contribution in [3.05, 3.63) is 95.1 Å². The maximum atomic E-state index is 13.9. The van der Waals surface area contributed by atoms with Gasteiger partial charge in [0.05, 0.1) is 6.42 Å². The zero-order valence-electron chi connectivity index (χ0n) is 22.9. The molecule has 3 aromatic carbocycles. The van der Waals surface area contributed by atoms with Gasteiger partial charge in [0.2, 0.25) is 5.91 Å². The van der Waals surface area contributed by atoms with Crippen molar-refractivity contribution in [3.8, 4) is 0 Å². The summed E-state index contributed by atoms with van der Waals surface area (Å²) in [6.07, 6.45) is 1.55. The first-order chi connectivity index (χ1) is 19.4. The van der Waals surface area contributed by atoms with E-state index in [4.69, 9.17) is 0 Å². The van der Waals surface area contributed by atoms with Gasteiger partial charge in [-0.1, -0.05) is 25.1 Å². The number of nitrogens with one attached hydrogen (secondary N) is 1. The number of amides is 2. The molecule has 1 N–H and O–H groups in total. The number of piperazine rings is 1. The molecular weight excluding hydrogens is 510 g/mol. The molecule has 2 aliphatic heterocycles. The molecule has 2 heterocycles. The van der Waals surface area contributed by atoms with Crippen LogP contribution in [0.3, 0.4) is 0 Å². The van der Waals surface area contributed by atoms with Gasteiger partial charge < -0.3 is 20.0 Å². The number of rotatable bonds is 7. The van der Waals surface area contributed by atoms with Crippen molar-refractivity contribution in [1.29, 1.82) is 0 Å². The number of halogens is 2. The van der Waals surface area contributed by atoms with Crippen LogP contribution in [-0.4, -0.2) is 67.4 Å². The first kappa shape index (κ1) is 27.8. The Bertz CT molecular complexity index is 1310. The number of likely N-dealkylation sites (N-methyl/N-ethyl adjacent to an activating group) is 1. The third-order valence-electron chi connectivity index (χ3n) is 8.16. The van der Waals surface area contributed by atoms with Crippen molar-refractivity contribution in [2.45, 2.75) is 32.1 Å². The van der Waals surface area contributed by atoms with Crippen molar-refractivity contribution in [3.63, 3.8) is 0 Å². The first-order valence-corrected chi connectivity index (χ1v) is 14.1. The summed E-state index contributed by atoms with van der Waals surface area (Å²) in [5, 5.41) is 2.99. The van der Waals surface area contributed by atoms with Gasteiger partial charge in [0, 0.05) is 62.3 Å². The Morgan fingerprint density at radius 3 is 2.15 bits per heavy atom. The maximum Gasteiger partial charge on any atom is 0.255 e. The van der Waals surface area contributed by atoms with E-state index in [1.54, 1.807) is 4.90 Å². The Hall–Kier alpha value is -3.78. The number of nitrogens with zero attached hydrogens (tertiary/aromatic N) is 3. The fourth-order valence-electron chi connectivity index (χ4n) is 5.59. The van der Waals surface area contributed by atoms with Gasteiger partial charge in [-0.15, -0.1) is 0 Å². The molecule has 2 saturated heterocycles. The molecule has 0 saturated carbocycles. The molecule has 0 atom stereocenters. The van der Waals surface area contributed by atoms with Crippen LogP contribution in [0.4, 0.5) is 20.2 Å². The second-order valence-corrected chi connectivity index (χ2v) is 10.6. The summed E-state index contributed by atoms with van der Waals surface area (Å²) in [5.74, 6) is -1.31. The zero-order valence-corrected chi connectivity index (χ0v) is 22.9. The van der Waals surface area contributed by atoms with Crippen molar-refractivity contribution >= 4 is 23.2 Å². The van der Waals surface area contributed by atoms with Crippen molar-refractivity contribution in [2.75, 3.05) is 56.0 Å². The summed E-state index contributed by atoms with van der Waals surface area (Å²) in [7, 11) is 0. The number of hydrogen-bond acceptors (Lipinski definition) is 4. The molecule has 2 amide bonds.